The number of hydrogen-bond acceptors (Lipinski definition) is 15. The van der Waals surface area contributed by atoms with Crippen molar-refractivity contribution in [2.45, 2.75) is 387 Å². The molecule has 17 nitrogen and oxygen atoms in total. The van der Waals surface area contributed by atoms with Crippen LogP contribution in [0.4, 0.5) is 0 Å². The monoisotopic (exact) mass is 1320 g/mol. The number of hydrogen-bond donors (Lipinski definition) is 3. The Morgan fingerprint density at radius 3 is 0.756 bits per heavy atom. The molecule has 0 heterocycles. The maximum absolute atomic E-state index is 13.0. The molecule has 0 aliphatic heterocycles. The van der Waals surface area contributed by atoms with Gasteiger partial charge in [0.2, 0.25) is 0 Å². The van der Waals surface area contributed by atoms with E-state index in [9.17, 15) is 43.2 Å². The molecular formula is C71H138O17P2. The second-order valence-electron chi connectivity index (χ2n) is 26.1. The molecule has 0 aliphatic carbocycles. The predicted molar refractivity (Wildman–Crippen MR) is 363 cm³/mol. The summed E-state index contributed by atoms with van der Waals surface area (Å²) in [7, 11) is -9.89. The summed E-state index contributed by atoms with van der Waals surface area (Å²) in [4.78, 5) is 72.4. The smallest absolute Gasteiger partial charge is 0.462 e. The number of aliphatic hydroxyl groups excluding tert-OH is 1. The van der Waals surface area contributed by atoms with Crippen LogP contribution in [-0.2, 0) is 65.4 Å². The van der Waals surface area contributed by atoms with Gasteiger partial charge in [0.25, 0.3) is 0 Å². The molecule has 0 saturated carbocycles. The van der Waals surface area contributed by atoms with Crippen LogP contribution in [0.5, 0.6) is 0 Å². The summed E-state index contributed by atoms with van der Waals surface area (Å²) in [6.45, 7) is 7.12. The van der Waals surface area contributed by atoms with Gasteiger partial charge in [-0.1, -0.05) is 317 Å². The molecular weight excluding hydrogens is 1190 g/mol. The molecule has 0 radical (unpaired) electrons. The van der Waals surface area contributed by atoms with Gasteiger partial charge < -0.3 is 33.8 Å². The summed E-state index contributed by atoms with van der Waals surface area (Å²) in [5.74, 6) is -1.46. The van der Waals surface area contributed by atoms with Crippen molar-refractivity contribution in [1.29, 1.82) is 0 Å². The van der Waals surface area contributed by atoms with Crippen LogP contribution in [-0.4, -0.2) is 96.7 Å². The Hall–Kier alpha value is -1.94. The van der Waals surface area contributed by atoms with E-state index < -0.39 is 97.5 Å². The first-order chi connectivity index (χ1) is 43.5. The highest BCUT2D eigenvalue weighted by atomic mass is 31.2. The summed E-state index contributed by atoms with van der Waals surface area (Å²) in [6, 6.07) is 0. The number of unbranched alkanes of at least 4 members (excludes halogenated alkanes) is 43. The fourth-order valence-electron chi connectivity index (χ4n) is 10.8. The van der Waals surface area contributed by atoms with Gasteiger partial charge in [0.1, 0.15) is 19.3 Å². The van der Waals surface area contributed by atoms with Gasteiger partial charge in [0.05, 0.1) is 26.4 Å². The highest BCUT2D eigenvalue weighted by Crippen LogP contribution is 2.45. The van der Waals surface area contributed by atoms with E-state index in [1.807, 2.05) is 0 Å². The van der Waals surface area contributed by atoms with Crippen molar-refractivity contribution in [2.24, 2.45) is 5.92 Å². The Labute approximate surface area is 549 Å². The zero-order chi connectivity index (χ0) is 66.3. The molecule has 19 heteroatoms. The third-order valence-electron chi connectivity index (χ3n) is 16.5. The summed E-state index contributed by atoms with van der Waals surface area (Å²) < 4.78 is 68.2. The zero-order valence-corrected chi connectivity index (χ0v) is 60.1. The van der Waals surface area contributed by atoms with Gasteiger partial charge in [0, 0.05) is 25.7 Å². The minimum atomic E-state index is -4.95. The lowest BCUT2D eigenvalue weighted by Crippen LogP contribution is -2.30. The fraction of sp³-hybridized carbons (Fsp3) is 0.944. The van der Waals surface area contributed by atoms with Crippen molar-refractivity contribution in [3.63, 3.8) is 0 Å². The first-order valence-electron chi connectivity index (χ1n) is 37.1. The van der Waals surface area contributed by atoms with Crippen molar-refractivity contribution in [3.8, 4) is 0 Å². The lowest BCUT2D eigenvalue weighted by molar-refractivity contribution is -0.161. The Balaban J connectivity index is 5.16. The molecule has 0 amide bonds. The highest BCUT2D eigenvalue weighted by Gasteiger charge is 2.30. The number of ether oxygens (including phenoxy) is 4. The SMILES string of the molecule is CCCCCCCCCCCCCCCCCCCCCC(=O)O[C@H](COC(=O)CCCCCCCCCCCCCCCCC)COP(=O)(O)OC[C@@H](O)COP(=O)(O)OC[C@@H](COC(=O)CCCCCCCCC)OC(=O)CCCCCCCCC(C)C. The first-order valence-corrected chi connectivity index (χ1v) is 40.1. The van der Waals surface area contributed by atoms with E-state index in [4.69, 9.17) is 37.0 Å². The largest absolute Gasteiger partial charge is 0.472 e. The minimum absolute atomic E-state index is 0.102. The summed E-state index contributed by atoms with van der Waals surface area (Å²) >= 11 is 0. The molecule has 0 saturated heterocycles. The standard InChI is InChI=1S/C71H138O17P2/c1-6-9-12-15-18-20-22-24-26-27-28-29-31-33-35-37-40-46-51-56-70(75)87-66(61-82-69(74)55-50-45-39-36-34-32-30-25-23-21-19-16-13-10-7-2)62-85-89(77,78)83-58-65(72)59-84-90(79,80)86-63-67(60-81-68(73)54-49-44-38-17-14-11-8-3)88-71(76)57-52-47-42-41-43-48-53-64(4)5/h64-67,72H,6-63H2,1-5H3,(H,77,78)(H,79,80)/t65-,66-,67-/m1/s1. The average Bonchev–Trinajstić information content (AvgIpc) is 3.32. The van der Waals surface area contributed by atoms with E-state index in [1.54, 1.807) is 0 Å². The molecule has 0 aliphatic rings. The van der Waals surface area contributed by atoms with E-state index in [0.29, 0.717) is 31.6 Å². The topological polar surface area (TPSA) is 237 Å². The Bertz CT molecular complexity index is 1740. The number of phosphoric ester groups is 2. The molecule has 0 fully saturated rings. The summed E-state index contributed by atoms with van der Waals surface area (Å²) in [5.41, 5.74) is 0. The van der Waals surface area contributed by atoms with Crippen molar-refractivity contribution in [3.05, 3.63) is 0 Å². The molecule has 0 aromatic carbocycles. The van der Waals surface area contributed by atoms with Gasteiger partial charge in [-0.15, -0.1) is 0 Å². The molecule has 0 aromatic heterocycles. The van der Waals surface area contributed by atoms with Gasteiger partial charge in [-0.25, -0.2) is 9.13 Å². The lowest BCUT2D eigenvalue weighted by Gasteiger charge is -2.21. The van der Waals surface area contributed by atoms with Crippen LogP contribution in [0.2, 0.25) is 0 Å². The number of esters is 4. The molecule has 0 aromatic rings. The van der Waals surface area contributed by atoms with Crippen LogP contribution in [0, 0.1) is 5.92 Å². The Kier molecular flexibility index (Phi) is 63.0. The van der Waals surface area contributed by atoms with E-state index in [-0.39, 0.29) is 25.7 Å². The normalized spacial score (nSPS) is 14.1. The van der Waals surface area contributed by atoms with Gasteiger partial charge in [-0.2, -0.15) is 0 Å². The number of aliphatic hydroxyl groups is 1. The van der Waals surface area contributed by atoms with Crippen LogP contribution in [0.1, 0.15) is 369 Å². The number of carbonyl (C=O) groups is 4. The second kappa shape index (κ2) is 64.4. The highest BCUT2D eigenvalue weighted by molar-refractivity contribution is 7.47. The van der Waals surface area contributed by atoms with Gasteiger partial charge in [-0.05, 0) is 31.6 Å². The van der Waals surface area contributed by atoms with Crippen LogP contribution in [0.25, 0.3) is 0 Å². The van der Waals surface area contributed by atoms with Gasteiger partial charge in [0.15, 0.2) is 12.2 Å². The van der Waals surface area contributed by atoms with Crippen LogP contribution >= 0.6 is 15.6 Å². The van der Waals surface area contributed by atoms with Crippen LogP contribution < -0.4 is 0 Å². The second-order valence-corrected chi connectivity index (χ2v) is 29.0. The maximum Gasteiger partial charge on any atom is 0.472 e. The van der Waals surface area contributed by atoms with Crippen molar-refractivity contribution >= 4 is 39.5 Å². The van der Waals surface area contributed by atoms with Gasteiger partial charge in [-0.3, -0.25) is 37.3 Å². The van der Waals surface area contributed by atoms with Gasteiger partial charge >= 0.3 is 39.5 Å². The lowest BCUT2D eigenvalue weighted by atomic mass is 10.0. The quantitative estimate of drug-likeness (QED) is 0.0222. The molecule has 534 valence electrons. The Morgan fingerprint density at radius 2 is 0.511 bits per heavy atom. The third-order valence-corrected chi connectivity index (χ3v) is 18.4. The zero-order valence-electron chi connectivity index (χ0n) is 58.3. The first kappa shape index (κ1) is 88.1. The number of phosphoric acid groups is 2. The van der Waals surface area contributed by atoms with E-state index in [1.165, 1.54) is 180 Å². The van der Waals surface area contributed by atoms with Crippen molar-refractivity contribution in [1.82, 2.24) is 0 Å². The maximum atomic E-state index is 13.0. The van der Waals surface area contributed by atoms with E-state index in [0.717, 1.165) is 103 Å². The van der Waals surface area contributed by atoms with Crippen molar-refractivity contribution < 1.29 is 80.2 Å². The molecule has 90 heavy (non-hydrogen) atoms. The van der Waals surface area contributed by atoms with E-state index >= 15 is 0 Å². The van der Waals surface area contributed by atoms with E-state index in [2.05, 4.69) is 34.6 Å². The van der Waals surface area contributed by atoms with Crippen LogP contribution in [0.3, 0.4) is 0 Å². The number of rotatable bonds is 71. The minimum Gasteiger partial charge on any atom is -0.462 e. The fourth-order valence-corrected chi connectivity index (χ4v) is 12.4. The number of carbonyl (C=O) groups excluding carboxylic acids is 4. The molecule has 3 N–H and O–H groups in total. The molecule has 0 rings (SSSR count). The average molecular weight is 1330 g/mol. The van der Waals surface area contributed by atoms with Crippen molar-refractivity contribution in [2.75, 3.05) is 39.6 Å². The molecule has 2 unspecified atom stereocenters. The Morgan fingerprint density at radius 1 is 0.300 bits per heavy atom. The molecule has 0 bridgehead atoms. The summed E-state index contributed by atoms with van der Waals surface area (Å²) in [6.07, 6.45) is 51.8. The predicted octanol–water partition coefficient (Wildman–Crippen LogP) is 20.5. The molecule has 5 atom stereocenters. The third kappa shape index (κ3) is 64.8. The summed E-state index contributed by atoms with van der Waals surface area (Å²) in [5, 5.41) is 10.6. The molecule has 0 spiro atoms. The van der Waals surface area contributed by atoms with Crippen LogP contribution in [0.15, 0.2) is 0 Å².